The highest BCUT2D eigenvalue weighted by atomic mass is 35.5. The Morgan fingerprint density at radius 2 is 1.77 bits per heavy atom. The molecule has 2 amide bonds. The second kappa shape index (κ2) is 10.5. The van der Waals surface area contributed by atoms with Crippen molar-refractivity contribution in [2.24, 2.45) is 0 Å². The third kappa shape index (κ3) is 5.36. The number of halogens is 2. The number of hydrogen-bond donors (Lipinski definition) is 2. The second-order valence-electron chi connectivity index (χ2n) is 9.97. The minimum atomic E-state index is -3.80. The zero-order valence-electron chi connectivity index (χ0n) is 21.8. The number of piperazine rings is 1. The number of H-pyrrole nitrogens is 1. The summed E-state index contributed by atoms with van der Waals surface area (Å²) in [6.07, 6.45) is 1.68. The lowest BCUT2D eigenvalue weighted by atomic mass is 10.0. The molecule has 0 aliphatic carbocycles. The van der Waals surface area contributed by atoms with Crippen molar-refractivity contribution < 1.29 is 18.0 Å². The highest BCUT2D eigenvalue weighted by molar-refractivity contribution is 7.90. The van der Waals surface area contributed by atoms with Gasteiger partial charge in [-0.15, -0.1) is 0 Å². The van der Waals surface area contributed by atoms with Crippen LogP contribution in [0, 0.1) is 13.8 Å². The average molecular weight is 588 g/mol. The first-order chi connectivity index (χ1) is 18.4. The summed E-state index contributed by atoms with van der Waals surface area (Å²) in [5.41, 5.74) is 4.37. The van der Waals surface area contributed by atoms with Crippen molar-refractivity contribution in [2.45, 2.75) is 24.5 Å². The number of aromatic nitrogens is 1. The highest BCUT2D eigenvalue weighted by Crippen LogP contribution is 2.36. The Balaban J connectivity index is 1.48. The first-order valence-corrected chi connectivity index (χ1v) is 14.9. The van der Waals surface area contributed by atoms with Crippen LogP contribution in [0.3, 0.4) is 0 Å². The van der Waals surface area contributed by atoms with Gasteiger partial charge >= 0.3 is 0 Å². The number of benzene rings is 2. The van der Waals surface area contributed by atoms with E-state index in [1.165, 1.54) is 18.2 Å². The maximum absolute atomic E-state index is 13.3. The normalized spacial score (nSPS) is 17.0. The fourth-order valence-electron chi connectivity index (χ4n) is 5.00. The molecule has 5 rings (SSSR count). The third-order valence-electron chi connectivity index (χ3n) is 7.26. The number of anilines is 1. The number of carbonyl (C=O) groups is 2. The van der Waals surface area contributed by atoms with E-state index in [1.807, 2.05) is 25.8 Å². The predicted molar refractivity (Wildman–Crippen MR) is 154 cm³/mol. The molecule has 2 N–H and O–H groups in total. The molecule has 3 aromatic rings. The number of aromatic amines is 1. The molecule has 1 aromatic heterocycles. The Hall–Kier alpha value is -3.11. The van der Waals surface area contributed by atoms with Crippen molar-refractivity contribution >= 4 is 62.2 Å². The summed E-state index contributed by atoms with van der Waals surface area (Å²) >= 11 is 12.2. The molecular weight excluding hydrogens is 559 g/mol. The summed E-state index contributed by atoms with van der Waals surface area (Å²) in [7, 11) is -1.76. The number of hydrogen-bond acceptors (Lipinski definition) is 5. The quantitative estimate of drug-likeness (QED) is 0.418. The van der Waals surface area contributed by atoms with Gasteiger partial charge in [0.2, 0.25) is 0 Å². The van der Waals surface area contributed by atoms with Crippen LogP contribution in [0.2, 0.25) is 10.0 Å². The minimum absolute atomic E-state index is 0.0386. The lowest BCUT2D eigenvalue weighted by Crippen LogP contribution is -2.47. The van der Waals surface area contributed by atoms with Gasteiger partial charge in [-0.3, -0.25) is 9.59 Å². The first kappa shape index (κ1) is 27.5. The molecule has 0 unspecified atom stereocenters. The molecular formula is C28H28Cl2N4O4S. The molecule has 3 heterocycles. The molecule has 0 atom stereocenters. The van der Waals surface area contributed by atoms with Crippen LogP contribution in [0.25, 0.3) is 11.6 Å². The van der Waals surface area contributed by atoms with Crippen molar-refractivity contribution in [1.82, 2.24) is 14.8 Å². The van der Waals surface area contributed by atoms with E-state index in [2.05, 4.69) is 15.2 Å². The number of likely N-dealkylation sites (N-methyl/N-ethyl adjacent to an activating group) is 1. The topological polar surface area (TPSA) is 103 Å². The molecule has 0 saturated carbocycles. The molecule has 1 fully saturated rings. The fraction of sp³-hybridized carbons (Fsp3) is 0.286. The van der Waals surface area contributed by atoms with Gasteiger partial charge in [0.05, 0.1) is 21.8 Å². The highest BCUT2D eigenvalue weighted by Gasteiger charge is 2.29. The van der Waals surface area contributed by atoms with E-state index in [-0.39, 0.29) is 22.5 Å². The van der Waals surface area contributed by atoms with Crippen LogP contribution in [0.5, 0.6) is 0 Å². The third-order valence-corrected chi connectivity index (χ3v) is 9.52. The van der Waals surface area contributed by atoms with Crippen LogP contribution in [0.4, 0.5) is 5.69 Å². The standard InChI is InChI=1S/C28H28Cl2N4O4S/c1-16-25(31-17(2)26(16)28(36)34-10-8-33(3)9-11-34)14-22-21-13-20(5-7-24(21)32-27(22)35)39(37,38)15-18-12-19(29)4-6-23(18)30/h4-7,12-14,31H,8-11,15H2,1-3H3,(H,32,35). The number of aryl methyl sites for hydroxylation is 1. The zero-order chi connectivity index (χ0) is 28.1. The zero-order valence-corrected chi connectivity index (χ0v) is 24.1. The Morgan fingerprint density at radius 3 is 2.49 bits per heavy atom. The number of rotatable bonds is 5. The van der Waals surface area contributed by atoms with Gasteiger partial charge < -0.3 is 20.1 Å². The number of amides is 2. The number of carbonyl (C=O) groups excluding carboxylic acids is 2. The summed E-state index contributed by atoms with van der Waals surface area (Å²) in [5.74, 6) is -0.725. The summed E-state index contributed by atoms with van der Waals surface area (Å²) in [6.45, 7) is 6.63. The van der Waals surface area contributed by atoms with E-state index in [0.29, 0.717) is 56.8 Å². The first-order valence-electron chi connectivity index (χ1n) is 12.5. The summed E-state index contributed by atoms with van der Waals surface area (Å²) in [5, 5.41) is 3.49. The average Bonchev–Trinajstić information content (AvgIpc) is 3.35. The molecule has 1 saturated heterocycles. The number of fused-ring (bicyclic) bond motifs is 1. The van der Waals surface area contributed by atoms with E-state index in [0.717, 1.165) is 24.3 Å². The van der Waals surface area contributed by atoms with Gasteiger partial charge in [-0.05, 0) is 74.5 Å². The Bertz CT molecular complexity index is 1640. The van der Waals surface area contributed by atoms with Crippen LogP contribution in [0.1, 0.15) is 38.4 Å². The second-order valence-corrected chi connectivity index (χ2v) is 12.8. The lowest BCUT2D eigenvalue weighted by molar-refractivity contribution is -0.110. The van der Waals surface area contributed by atoms with Gasteiger partial charge in [0.25, 0.3) is 11.8 Å². The van der Waals surface area contributed by atoms with Crippen LogP contribution >= 0.6 is 23.2 Å². The van der Waals surface area contributed by atoms with E-state index in [4.69, 9.17) is 23.2 Å². The fourth-order valence-corrected chi connectivity index (χ4v) is 6.84. The Morgan fingerprint density at radius 1 is 1.05 bits per heavy atom. The maximum Gasteiger partial charge on any atom is 0.256 e. The SMILES string of the molecule is Cc1[nH]c(C=C2C(=O)Nc3ccc(S(=O)(=O)Cc4cc(Cl)ccc4Cl)cc32)c(C)c1C(=O)N1CCN(C)CC1. The molecule has 0 bridgehead atoms. The van der Waals surface area contributed by atoms with Crippen molar-refractivity contribution in [3.05, 3.63) is 80.1 Å². The van der Waals surface area contributed by atoms with Crippen LogP contribution in [0.15, 0.2) is 41.3 Å². The van der Waals surface area contributed by atoms with Gasteiger partial charge in [0, 0.05) is 58.9 Å². The van der Waals surface area contributed by atoms with Crippen LogP contribution < -0.4 is 5.32 Å². The van der Waals surface area contributed by atoms with Gasteiger partial charge in [-0.1, -0.05) is 23.2 Å². The molecule has 2 aliphatic heterocycles. The largest absolute Gasteiger partial charge is 0.358 e. The predicted octanol–water partition coefficient (Wildman–Crippen LogP) is 4.79. The molecule has 2 aromatic carbocycles. The number of nitrogens with one attached hydrogen (secondary N) is 2. The summed E-state index contributed by atoms with van der Waals surface area (Å²) in [6, 6.07) is 9.22. The maximum atomic E-state index is 13.3. The van der Waals surface area contributed by atoms with E-state index in [1.54, 1.807) is 24.3 Å². The minimum Gasteiger partial charge on any atom is -0.358 e. The van der Waals surface area contributed by atoms with Crippen molar-refractivity contribution in [2.75, 3.05) is 38.5 Å². The van der Waals surface area contributed by atoms with Gasteiger partial charge in [-0.2, -0.15) is 0 Å². The monoisotopic (exact) mass is 586 g/mol. The van der Waals surface area contributed by atoms with Gasteiger partial charge in [-0.25, -0.2) is 8.42 Å². The lowest BCUT2D eigenvalue weighted by Gasteiger charge is -2.32. The number of nitrogens with zero attached hydrogens (tertiary/aromatic N) is 2. The van der Waals surface area contributed by atoms with E-state index in [9.17, 15) is 18.0 Å². The molecule has 11 heteroatoms. The Kier molecular flexibility index (Phi) is 7.37. The smallest absolute Gasteiger partial charge is 0.256 e. The number of sulfone groups is 1. The molecule has 8 nitrogen and oxygen atoms in total. The summed E-state index contributed by atoms with van der Waals surface area (Å²) in [4.78, 5) is 33.6. The molecule has 204 valence electrons. The summed E-state index contributed by atoms with van der Waals surface area (Å²) < 4.78 is 26.6. The Labute approximate surface area is 237 Å². The molecule has 39 heavy (non-hydrogen) atoms. The molecule has 2 aliphatic rings. The van der Waals surface area contributed by atoms with Crippen LogP contribution in [-0.2, 0) is 20.4 Å². The molecule has 0 spiro atoms. The van der Waals surface area contributed by atoms with Crippen molar-refractivity contribution in [3.63, 3.8) is 0 Å². The van der Waals surface area contributed by atoms with E-state index >= 15 is 0 Å². The van der Waals surface area contributed by atoms with E-state index < -0.39 is 9.84 Å². The van der Waals surface area contributed by atoms with Crippen molar-refractivity contribution in [1.29, 1.82) is 0 Å². The van der Waals surface area contributed by atoms with Gasteiger partial charge in [0.15, 0.2) is 9.84 Å². The van der Waals surface area contributed by atoms with Crippen molar-refractivity contribution in [3.8, 4) is 0 Å². The van der Waals surface area contributed by atoms with Crippen LogP contribution in [-0.4, -0.2) is 68.2 Å². The molecule has 0 radical (unpaired) electrons. The van der Waals surface area contributed by atoms with Gasteiger partial charge in [0.1, 0.15) is 0 Å².